The monoisotopic (exact) mass is 408 g/mol. The van der Waals surface area contributed by atoms with Gasteiger partial charge in [-0.15, -0.1) is 5.10 Å². The third kappa shape index (κ3) is 3.45. The van der Waals surface area contributed by atoms with E-state index in [2.05, 4.69) is 20.2 Å². The molecular formula is C21H21FN6O2. The fourth-order valence-electron chi connectivity index (χ4n) is 3.90. The highest BCUT2D eigenvalue weighted by Crippen LogP contribution is 2.38. The first kappa shape index (κ1) is 18.8. The zero-order chi connectivity index (χ0) is 20.8. The van der Waals surface area contributed by atoms with E-state index in [-0.39, 0.29) is 18.6 Å². The molecule has 0 aromatic carbocycles. The second kappa shape index (κ2) is 7.24. The summed E-state index contributed by atoms with van der Waals surface area (Å²) >= 11 is 0. The molecule has 2 aliphatic rings. The average Bonchev–Trinajstić information content (AvgIpc) is 3.47. The number of nitrogens with zero attached hydrogens (tertiary/aromatic N) is 5. The summed E-state index contributed by atoms with van der Waals surface area (Å²) in [6.45, 7) is 3.22. The van der Waals surface area contributed by atoms with Crippen molar-refractivity contribution in [2.45, 2.75) is 39.0 Å². The maximum atomic E-state index is 13.3. The molecule has 0 radical (unpaired) electrons. The van der Waals surface area contributed by atoms with Gasteiger partial charge in [0.2, 0.25) is 5.95 Å². The van der Waals surface area contributed by atoms with Crippen LogP contribution >= 0.6 is 0 Å². The third-order valence-corrected chi connectivity index (χ3v) is 5.66. The maximum absolute atomic E-state index is 13.3. The van der Waals surface area contributed by atoms with Crippen molar-refractivity contribution in [3.63, 3.8) is 0 Å². The molecule has 1 atom stereocenters. The third-order valence-electron chi connectivity index (χ3n) is 5.66. The number of ether oxygens (including phenoxy) is 1. The van der Waals surface area contributed by atoms with E-state index in [4.69, 9.17) is 10.5 Å². The Kier molecular flexibility index (Phi) is 4.54. The van der Waals surface area contributed by atoms with Crippen LogP contribution in [0, 0.1) is 11.9 Å². The quantitative estimate of drug-likeness (QED) is 0.692. The molecule has 3 aromatic rings. The molecule has 1 fully saturated rings. The van der Waals surface area contributed by atoms with Crippen LogP contribution in [0.5, 0.6) is 0 Å². The molecule has 3 aromatic heterocycles. The molecule has 0 unspecified atom stereocenters. The molecule has 154 valence electrons. The van der Waals surface area contributed by atoms with Crippen LogP contribution in [-0.2, 0) is 17.9 Å². The van der Waals surface area contributed by atoms with Gasteiger partial charge in [0.05, 0.1) is 36.7 Å². The van der Waals surface area contributed by atoms with Gasteiger partial charge in [0, 0.05) is 17.5 Å². The van der Waals surface area contributed by atoms with Crippen molar-refractivity contribution in [3.8, 4) is 0 Å². The molecule has 1 aliphatic heterocycles. The van der Waals surface area contributed by atoms with E-state index in [0.29, 0.717) is 41.8 Å². The van der Waals surface area contributed by atoms with Crippen LogP contribution in [0.1, 0.15) is 53.2 Å². The van der Waals surface area contributed by atoms with Crippen molar-refractivity contribution in [1.29, 1.82) is 0 Å². The summed E-state index contributed by atoms with van der Waals surface area (Å²) in [5, 5.41) is 8.14. The van der Waals surface area contributed by atoms with Crippen LogP contribution in [0.2, 0.25) is 0 Å². The summed E-state index contributed by atoms with van der Waals surface area (Å²) in [7, 11) is 0. The minimum absolute atomic E-state index is 0.132. The SMILES string of the molecule is C[C@H]1OCc2c1c(N)nc1cnc(C(=O)N(Cc3ccc(F)nn3)CC3CC3)cc21. The molecule has 30 heavy (non-hydrogen) atoms. The van der Waals surface area contributed by atoms with Gasteiger partial charge >= 0.3 is 0 Å². The summed E-state index contributed by atoms with van der Waals surface area (Å²) in [5.41, 5.74) is 9.43. The fourth-order valence-corrected chi connectivity index (χ4v) is 3.90. The Balaban J connectivity index is 1.49. The number of aromatic nitrogens is 4. The summed E-state index contributed by atoms with van der Waals surface area (Å²) < 4.78 is 18.8. The molecule has 5 rings (SSSR count). The van der Waals surface area contributed by atoms with Crippen molar-refractivity contribution in [3.05, 3.63) is 52.9 Å². The van der Waals surface area contributed by atoms with E-state index in [1.54, 1.807) is 23.2 Å². The largest absolute Gasteiger partial charge is 0.383 e. The number of anilines is 1. The van der Waals surface area contributed by atoms with Crippen LogP contribution in [0.25, 0.3) is 10.9 Å². The second-order valence-corrected chi connectivity index (χ2v) is 7.91. The van der Waals surface area contributed by atoms with E-state index < -0.39 is 5.95 Å². The number of pyridine rings is 2. The zero-order valence-corrected chi connectivity index (χ0v) is 16.5. The first-order chi connectivity index (χ1) is 14.5. The molecule has 1 aliphatic carbocycles. The molecule has 9 heteroatoms. The Labute approximate surface area is 172 Å². The predicted octanol–water partition coefficient (Wildman–Crippen LogP) is 2.78. The lowest BCUT2D eigenvalue weighted by atomic mass is 10.0. The van der Waals surface area contributed by atoms with Gasteiger partial charge in [-0.2, -0.15) is 9.49 Å². The van der Waals surface area contributed by atoms with Gasteiger partial charge in [0.1, 0.15) is 11.5 Å². The Morgan fingerprint density at radius 1 is 1.33 bits per heavy atom. The number of nitrogen functional groups attached to an aromatic ring is 1. The Morgan fingerprint density at radius 2 is 2.17 bits per heavy atom. The Hall–Kier alpha value is -3.20. The predicted molar refractivity (Wildman–Crippen MR) is 107 cm³/mol. The van der Waals surface area contributed by atoms with Gasteiger partial charge in [-0.1, -0.05) is 0 Å². The number of carbonyl (C=O) groups is 1. The molecule has 2 N–H and O–H groups in total. The van der Waals surface area contributed by atoms with Crippen LogP contribution in [0.4, 0.5) is 10.2 Å². The molecule has 4 heterocycles. The summed E-state index contributed by atoms with van der Waals surface area (Å²) in [6.07, 6.45) is 3.63. The van der Waals surface area contributed by atoms with Crippen molar-refractivity contribution < 1.29 is 13.9 Å². The number of amides is 1. The van der Waals surface area contributed by atoms with Crippen LogP contribution in [0.3, 0.4) is 0 Å². The molecule has 0 saturated heterocycles. The number of halogens is 1. The van der Waals surface area contributed by atoms with Crippen molar-refractivity contribution in [1.82, 2.24) is 25.1 Å². The topological polar surface area (TPSA) is 107 Å². The highest BCUT2D eigenvalue weighted by atomic mass is 19.1. The minimum atomic E-state index is -0.646. The van der Waals surface area contributed by atoms with Gasteiger partial charge in [-0.05, 0) is 49.4 Å². The fraction of sp³-hybridized carbons (Fsp3) is 0.381. The highest BCUT2D eigenvalue weighted by Gasteiger charge is 2.30. The van der Waals surface area contributed by atoms with Gasteiger partial charge in [0.25, 0.3) is 5.91 Å². The number of hydrogen-bond donors (Lipinski definition) is 1. The van der Waals surface area contributed by atoms with Gasteiger partial charge in [-0.3, -0.25) is 4.79 Å². The number of fused-ring (bicyclic) bond motifs is 3. The molecule has 1 saturated carbocycles. The lowest BCUT2D eigenvalue weighted by Gasteiger charge is -2.22. The Morgan fingerprint density at radius 3 is 2.90 bits per heavy atom. The van der Waals surface area contributed by atoms with E-state index in [9.17, 15) is 9.18 Å². The smallest absolute Gasteiger partial charge is 0.272 e. The molecular weight excluding hydrogens is 387 g/mol. The van der Waals surface area contributed by atoms with E-state index >= 15 is 0 Å². The minimum Gasteiger partial charge on any atom is -0.383 e. The average molecular weight is 408 g/mol. The van der Waals surface area contributed by atoms with E-state index in [0.717, 1.165) is 29.4 Å². The molecule has 0 bridgehead atoms. The van der Waals surface area contributed by atoms with Crippen molar-refractivity contribution >= 4 is 22.6 Å². The van der Waals surface area contributed by atoms with Crippen LogP contribution < -0.4 is 5.73 Å². The first-order valence-corrected chi connectivity index (χ1v) is 9.96. The normalized spacial score (nSPS) is 17.9. The van der Waals surface area contributed by atoms with Crippen LogP contribution in [0.15, 0.2) is 24.4 Å². The Bertz CT molecular complexity index is 1130. The van der Waals surface area contributed by atoms with Gasteiger partial charge in [0.15, 0.2) is 0 Å². The van der Waals surface area contributed by atoms with Gasteiger partial charge in [-0.25, -0.2) is 9.97 Å². The number of hydrogen-bond acceptors (Lipinski definition) is 7. The number of rotatable bonds is 5. The number of carbonyl (C=O) groups excluding carboxylic acids is 1. The zero-order valence-electron chi connectivity index (χ0n) is 16.5. The molecule has 8 nitrogen and oxygen atoms in total. The summed E-state index contributed by atoms with van der Waals surface area (Å²) in [4.78, 5) is 23.8. The standard InChI is InChI=1S/C21H21FN6O2/c1-11-19-15(10-30-11)14-6-16(24-7-17(14)25-20(19)23)21(29)28(8-12-2-3-12)9-13-4-5-18(22)27-26-13/h4-7,11-12H,2-3,8-10H2,1H3,(H2,23,25)/t11-/m1/s1. The maximum Gasteiger partial charge on any atom is 0.272 e. The van der Waals surface area contributed by atoms with Crippen molar-refractivity contribution in [2.24, 2.45) is 5.92 Å². The first-order valence-electron chi connectivity index (χ1n) is 9.96. The molecule has 0 spiro atoms. The van der Waals surface area contributed by atoms with E-state index in [1.165, 1.54) is 6.07 Å². The lowest BCUT2D eigenvalue weighted by molar-refractivity contribution is 0.0726. The van der Waals surface area contributed by atoms with Gasteiger partial charge < -0.3 is 15.4 Å². The summed E-state index contributed by atoms with van der Waals surface area (Å²) in [5.74, 6) is 0.0657. The van der Waals surface area contributed by atoms with E-state index in [1.807, 2.05) is 6.92 Å². The summed E-state index contributed by atoms with van der Waals surface area (Å²) in [6, 6.07) is 4.55. The molecule has 1 amide bonds. The highest BCUT2D eigenvalue weighted by molar-refractivity contribution is 5.97. The number of nitrogens with two attached hydrogens (primary N) is 1. The second-order valence-electron chi connectivity index (χ2n) is 7.91. The lowest BCUT2D eigenvalue weighted by Crippen LogP contribution is -2.33. The van der Waals surface area contributed by atoms with Crippen molar-refractivity contribution in [2.75, 3.05) is 12.3 Å². The van der Waals surface area contributed by atoms with Crippen LogP contribution in [-0.4, -0.2) is 37.5 Å².